The van der Waals surface area contributed by atoms with Gasteiger partial charge in [-0.05, 0) is 94.7 Å². The van der Waals surface area contributed by atoms with E-state index in [1.807, 2.05) is 0 Å². The highest BCUT2D eigenvalue weighted by molar-refractivity contribution is 5.96. The molecule has 3 aromatic rings. The molecule has 0 radical (unpaired) electrons. The highest BCUT2D eigenvalue weighted by Gasteiger charge is 2.22. The van der Waals surface area contributed by atoms with Crippen LogP contribution < -0.4 is 18.9 Å². The van der Waals surface area contributed by atoms with E-state index in [4.69, 9.17) is 18.9 Å². The van der Waals surface area contributed by atoms with Crippen LogP contribution in [0.4, 0.5) is 4.39 Å². The molecule has 0 saturated carbocycles. The number of esters is 4. The lowest BCUT2D eigenvalue weighted by Crippen LogP contribution is -2.11. The van der Waals surface area contributed by atoms with E-state index in [0.29, 0.717) is 27.8 Å². The Morgan fingerprint density at radius 3 is 1.66 bits per heavy atom. The molecule has 0 heterocycles. The molecule has 0 bridgehead atoms. The van der Waals surface area contributed by atoms with Gasteiger partial charge in [-0.1, -0.05) is 37.9 Å². The van der Waals surface area contributed by atoms with E-state index >= 15 is 4.39 Å². The molecule has 0 fully saturated rings. The normalized spacial score (nSPS) is 11.3. The molecule has 3 rings (SSSR count). The Kier molecular flexibility index (Phi) is 11.7. The summed E-state index contributed by atoms with van der Waals surface area (Å²) in [6.45, 7) is 20.3. The summed E-state index contributed by atoms with van der Waals surface area (Å²) in [7, 11) is 0. The van der Waals surface area contributed by atoms with Crippen LogP contribution in [0.2, 0.25) is 0 Å². The molecule has 0 aliphatic carbocycles. The van der Waals surface area contributed by atoms with Gasteiger partial charge in [-0.3, -0.25) is 0 Å². The first-order valence-corrected chi connectivity index (χ1v) is 14.4. The second-order valence-corrected chi connectivity index (χ2v) is 10.7. The molecule has 0 aliphatic rings. The van der Waals surface area contributed by atoms with Crippen molar-refractivity contribution < 1.29 is 42.5 Å². The number of halogens is 1. The summed E-state index contributed by atoms with van der Waals surface area (Å²) in [5, 5.41) is 0. The van der Waals surface area contributed by atoms with E-state index in [1.54, 1.807) is 45.0 Å². The van der Waals surface area contributed by atoms with Crippen molar-refractivity contribution in [1.82, 2.24) is 0 Å². The van der Waals surface area contributed by atoms with E-state index in [0.717, 1.165) is 6.07 Å². The molecule has 242 valence electrons. The molecule has 9 heteroatoms. The largest absolute Gasteiger partial charge is 0.423 e. The molecule has 0 unspecified atom stereocenters. The Morgan fingerprint density at radius 1 is 0.617 bits per heavy atom. The lowest BCUT2D eigenvalue weighted by atomic mass is 9.93. The molecule has 0 amide bonds. The molecule has 8 nitrogen and oxygen atoms in total. The first-order chi connectivity index (χ1) is 22.1. The zero-order valence-electron chi connectivity index (χ0n) is 27.1. The van der Waals surface area contributed by atoms with Crippen LogP contribution >= 0.6 is 0 Å². The molecule has 0 aromatic heterocycles. The third kappa shape index (κ3) is 9.11. The maximum absolute atomic E-state index is 15.4. The van der Waals surface area contributed by atoms with Crippen LogP contribution in [0, 0.1) is 5.82 Å². The van der Waals surface area contributed by atoms with Crippen molar-refractivity contribution in [2.24, 2.45) is 0 Å². The van der Waals surface area contributed by atoms with Crippen LogP contribution in [0.1, 0.15) is 52.7 Å². The van der Waals surface area contributed by atoms with Gasteiger partial charge in [0.2, 0.25) is 0 Å². The molecular weight excluding hydrogens is 603 g/mol. The molecule has 3 aromatic carbocycles. The summed E-state index contributed by atoms with van der Waals surface area (Å²) >= 11 is 0. The Hall–Kier alpha value is -5.83. The van der Waals surface area contributed by atoms with Crippen LogP contribution in [-0.2, 0) is 19.2 Å². The minimum Gasteiger partial charge on any atom is -0.423 e. The molecule has 0 spiro atoms. The lowest BCUT2D eigenvalue weighted by Gasteiger charge is -2.19. The monoisotopic (exact) mass is 638 g/mol. The Bertz CT molecular complexity index is 1860. The summed E-state index contributed by atoms with van der Waals surface area (Å²) in [6, 6.07) is 13.4. The van der Waals surface area contributed by atoms with Gasteiger partial charge in [0.25, 0.3) is 0 Å². The van der Waals surface area contributed by atoms with E-state index in [1.165, 1.54) is 57.2 Å². The van der Waals surface area contributed by atoms with Crippen LogP contribution in [0.3, 0.4) is 0 Å². The van der Waals surface area contributed by atoms with Crippen molar-refractivity contribution in [2.45, 2.75) is 41.5 Å². The predicted octanol–water partition coefficient (Wildman–Crippen LogP) is 8.37. The summed E-state index contributed by atoms with van der Waals surface area (Å²) in [4.78, 5) is 49.3. The fourth-order valence-corrected chi connectivity index (χ4v) is 4.07. The van der Waals surface area contributed by atoms with Crippen molar-refractivity contribution in [3.63, 3.8) is 0 Å². The molecule has 0 aliphatic heterocycles. The second kappa shape index (κ2) is 15.4. The van der Waals surface area contributed by atoms with Gasteiger partial charge in [-0.2, -0.15) is 0 Å². The van der Waals surface area contributed by atoms with Crippen LogP contribution in [0.25, 0.3) is 22.3 Å². The molecular formula is C38H35FO8. The zero-order valence-corrected chi connectivity index (χ0v) is 27.1. The third-order valence-corrected chi connectivity index (χ3v) is 6.74. The standard InChI is InChI=1S/C38H35FO8/c1-10-11-35(40)46-34-19-30(25(9)24(8)29-17-16-28(18-32(29)39)45-37(42)22(4)5)33(47-38(43)23(6)7)20-31(34)26-12-14-27(15-13-26)44-36(41)21(2)3/h10-20H,2,4,6H2,1,3,5,7-9H3/b11-10+,25-24+. The van der Waals surface area contributed by atoms with Gasteiger partial charge in [-0.15, -0.1) is 0 Å². The predicted molar refractivity (Wildman–Crippen MR) is 178 cm³/mol. The zero-order chi connectivity index (χ0) is 35.0. The SMILES string of the molecule is C=C(C)C(=O)Oc1ccc(-c2cc(OC(=O)C(=C)C)c(/C(C)=C(\C)c3ccc(OC(=O)C(=C)C)cc3F)cc2OC(=O)/C=C/C)cc1. The minimum atomic E-state index is -0.710. The van der Waals surface area contributed by atoms with E-state index in [9.17, 15) is 19.2 Å². The van der Waals surface area contributed by atoms with Crippen molar-refractivity contribution in [2.75, 3.05) is 0 Å². The highest BCUT2D eigenvalue weighted by atomic mass is 19.1. The van der Waals surface area contributed by atoms with Gasteiger partial charge in [0.15, 0.2) is 0 Å². The maximum Gasteiger partial charge on any atom is 0.338 e. The fraction of sp³-hybridized carbons (Fsp3) is 0.158. The van der Waals surface area contributed by atoms with E-state index in [2.05, 4.69) is 19.7 Å². The number of hydrogen-bond acceptors (Lipinski definition) is 8. The topological polar surface area (TPSA) is 105 Å². The molecule has 47 heavy (non-hydrogen) atoms. The first-order valence-electron chi connectivity index (χ1n) is 14.4. The second-order valence-electron chi connectivity index (χ2n) is 10.7. The fourth-order valence-electron chi connectivity index (χ4n) is 4.07. The highest BCUT2D eigenvalue weighted by Crippen LogP contribution is 2.42. The number of carbonyl (C=O) groups is 4. The van der Waals surface area contributed by atoms with Gasteiger partial charge in [0.1, 0.15) is 28.8 Å². The third-order valence-electron chi connectivity index (χ3n) is 6.74. The summed E-state index contributed by atoms with van der Waals surface area (Å²) in [6.07, 6.45) is 2.76. The smallest absolute Gasteiger partial charge is 0.338 e. The Balaban J connectivity index is 2.23. The average molecular weight is 639 g/mol. The van der Waals surface area contributed by atoms with Gasteiger partial charge >= 0.3 is 23.9 Å². The van der Waals surface area contributed by atoms with Gasteiger partial charge < -0.3 is 18.9 Å². The number of rotatable bonds is 11. The minimum absolute atomic E-state index is 0.00345. The van der Waals surface area contributed by atoms with Crippen molar-refractivity contribution in [1.29, 1.82) is 0 Å². The summed E-state index contributed by atoms with van der Waals surface area (Å²) in [5.74, 6) is -2.86. The van der Waals surface area contributed by atoms with E-state index in [-0.39, 0.29) is 45.3 Å². The summed E-state index contributed by atoms with van der Waals surface area (Å²) in [5.41, 5.74) is 2.88. The number of hydrogen-bond donors (Lipinski definition) is 0. The first kappa shape index (κ1) is 35.6. The van der Waals surface area contributed by atoms with Crippen molar-refractivity contribution in [3.05, 3.63) is 120 Å². The van der Waals surface area contributed by atoms with Gasteiger partial charge in [-0.25, -0.2) is 23.6 Å². The number of carbonyl (C=O) groups excluding carboxylic acids is 4. The number of allylic oxidation sites excluding steroid dienone is 3. The Labute approximate surface area is 273 Å². The lowest BCUT2D eigenvalue weighted by molar-refractivity contribution is -0.131. The van der Waals surface area contributed by atoms with Gasteiger partial charge in [0, 0.05) is 45.6 Å². The molecule has 0 saturated heterocycles. The quantitative estimate of drug-likeness (QED) is 0.0893. The van der Waals surface area contributed by atoms with Crippen molar-refractivity contribution in [3.8, 4) is 34.1 Å². The molecule has 0 atom stereocenters. The maximum atomic E-state index is 15.4. The summed E-state index contributed by atoms with van der Waals surface area (Å²) < 4.78 is 37.2. The van der Waals surface area contributed by atoms with Crippen molar-refractivity contribution >= 4 is 35.0 Å². The van der Waals surface area contributed by atoms with Crippen LogP contribution in [0.15, 0.2) is 103 Å². The van der Waals surface area contributed by atoms with E-state index < -0.39 is 29.7 Å². The molecule has 0 N–H and O–H groups in total. The van der Waals surface area contributed by atoms with Crippen LogP contribution in [-0.4, -0.2) is 23.9 Å². The van der Waals surface area contributed by atoms with Crippen LogP contribution in [0.5, 0.6) is 23.0 Å². The Morgan fingerprint density at radius 2 is 1.13 bits per heavy atom. The average Bonchev–Trinajstić information content (AvgIpc) is 3.01. The van der Waals surface area contributed by atoms with Gasteiger partial charge in [0.05, 0.1) is 0 Å². The number of benzene rings is 3. The number of ether oxygens (including phenoxy) is 4.